The predicted molar refractivity (Wildman–Crippen MR) is 59.7 cm³/mol. The number of rotatable bonds is 7. The van der Waals surface area contributed by atoms with Gasteiger partial charge in [-0.15, -0.1) is 0 Å². The van der Waals surface area contributed by atoms with Crippen LogP contribution >= 0.6 is 0 Å². The van der Waals surface area contributed by atoms with Gasteiger partial charge in [-0.05, 0) is 32.7 Å². The van der Waals surface area contributed by atoms with Gasteiger partial charge in [-0.1, -0.05) is 0 Å². The summed E-state index contributed by atoms with van der Waals surface area (Å²) in [4.78, 5) is 10.9. The summed E-state index contributed by atoms with van der Waals surface area (Å²) < 4.78 is 5.47. The predicted octanol–water partition coefficient (Wildman–Crippen LogP) is 0.670. The third-order valence-corrected chi connectivity index (χ3v) is 2.79. The van der Waals surface area contributed by atoms with Crippen molar-refractivity contribution in [3.63, 3.8) is 0 Å². The summed E-state index contributed by atoms with van der Waals surface area (Å²) >= 11 is 0. The van der Waals surface area contributed by atoms with Crippen LogP contribution in [0.5, 0.6) is 0 Å². The molecule has 0 aliphatic heterocycles. The molecule has 15 heavy (non-hydrogen) atoms. The lowest BCUT2D eigenvalue weighted by Crippen LogP contribution is -2.45. The lowest BCUT2D eigenvalue weighted by atomic mass is 9.89. The first-order valence-corrected chi connectivity index (χ1v) is 5.81. The van der Waals surface area contributed by atoms with Crippen molar-refractivity contribution in [2.45, 2.75) is 44.8 Å². The maximum atomic E-state index is 10.9. The molecule has 0 saturated heterocycles. The normalized spacial score (nSPS) is 24.7. The molecule has 1 fully saturated rings. The van der Waals surface area contributed by atoms with Gasteiger partial charge >= 0.3 is 0 Å². The average Bonchev–Trinajstić information content (AvgIpc) is 2.19. The Hall–Kier alpha value is -0.610. The number of nitrogens with one attached hydrogen (secondary N) is 2. The largest absolute Gasteiger partial charge is 0.378 e. The summed E-state index contributed by atoms with van der Waals surface area (Å²) in [7, 11) is 1.67. The van der Waals surface area contributed by atoms with E-state index in [2.05, 4.69) is 10.6 Å². The molecule has 0 bridgehead atoms. The van der Waals surface area contributed by atoms with E-state index in [0.29, 0.717) is 18.6 Å². The minimum atomic E-state index is 0.123. The van der Waals surface area contributed by atoms with E-state index in [1.807, 2.05) is 6.92 Å². The zero-order chi connectivity index (χ0) is 11.1. The SMILES string of the molecule is CCOC1CC(NCCCC(=O)NC)C1. The second-order valence-electron chi connectivity index (χ2n) is 3.98. The van der Waals surface area contributed by atoms with E-state index in [1.54, 1.807) is 7.05 Å². The fourth-order valence-electron chi connectivity index (χ4n) is 1.78. The van der Waals surface area contributed by atoms with Crippen LogP contribution in [-0.2, 0) is 9.53 Å². The van der Waals surface area contributed by atoms with Crippen LogP contribution in [-0.4, -0.2) is 38.3 Å². The van der Waals surface area contributed by atoms with Gasteiger partial charge in [0.25, 0.3) is 0 Å². The standard InChI is InChI=1S/C11H22N2O2/c1-3-15-10-7-9(8-10)13-6-4-5-11(14)12-2/h9-10,13H,3-8H2,1-2H3,(H,12,14). The molecule has 0 aromatic rings. The molecule has 0 aromatic heterocycles. The van der Waals surface area contributed by atoms with Crippen molar-refractivity contribution in [1.82, 2.24) is 10.6 Å². The molecule has 88 valence electrons. The van der Waals surface area contributed by atoms with E-state index >= 15 is 0 Å². The number of carbonyl (C=O) groups is 1. The molecule has 1 aliphatic rings. The molecule has 1 amide bonds. The average molecular weight is 214 g/mol. The van der Waals surface area contributed by atoms with Crippen LogP contribution in [0.4, 0.5) is 0 Å². The first kappa shape index (κ1) is 12.5. The zero-order valence-electron chi connectivity index (χ0n) is 9.71. The van der Waals surface area contributed by atoms with Crippen LogP contribution < -0.4 is 10.6 Å². The smallest absolute Gasteiger partial charge is 0.219 e. The highest BCUT2D eigenvalue weighted by Crippen LogP contribution is 2.22. The van der Waals surface area contributed by atoms with E-state index in [1.165, 1.54) is 0 Å². The van der Waals surface area contributed by atoms with Gasteiger partial charge in [0.05, 0.1) is 6.10 Å². The molecule has 0 heterocycles. The Morgan fingerprint density at radius 1 is 1.47 bits per heavy atom. The van der Waals surface area contributed by atoms with Gasteiger partial charge in [0.2, 0.25) is 5.91 Å². The lowest BCUT2D eigenvalue weighted by Gasteiger charge is -2.35. The zero-order valence-corrected chi connectivity index (χ0v) is 9.71. The molecule has 4 nitrogen and oxygen atoms in total. The second-order valence-corrected chi connectivity index (χ2v) is 3.98. The van der Waals surface area contributed by atoms with Crippen molar-refractivity contribution < 1.29 is 9.53 Å². The molecule has 1 rings (SSSR count). The molecule has 0 atom stereocenters. The Labute approximate surface area is 91.8 Å². The monoisotopic (exact) mass is 214 g/mol. The van der Waals surface area contributed by atoms with Gasteiger partial charge in [-0.2, -0.15) is 0 Å². The maximum absolute atomic E-state index is 10.9. The van der Waals surface area contributed by atoms with Crippen LogP contribution in [0.3, 0.4) is 0 Å². The van der Waals surface area contributed by atoms with Crippen molar-refractivity contribution in [1.29, 1.82) is 0 Å². The third kappa shape index (κ3) is 4.62. The summed E-state index contributed by atoms with van der Waals surface area (Å²) in [5.74, 6) is 0.123. The molecule has 0 unspecified atom stereocenters. The van der Waals surface area contributed by atoms with Crippen LogP contribution in [0, 0.1) is 0 Å². The van der Waals surface area contributed by atoms with Crippen LogP contribution in [0.2, 0.25) is 0 Å². The van der Waals surface area contributed by atoms with Gasteiger partial charge in [0.1, 0.15) is 0 Å². The molecule has 1 saturated carbocycles. The Kier molecular flexibility index (Phi) is 5.65. The minimum absolute atomic E-state index is 0.123. The van der Waals surface area contributed by atoms with Crippen molar-refractivity contribution >= 4 is 5.91 Å². The lowest BCUT2D eigenvalue weighted by molar-refractivity contribution is -0.120. The first-order valence-electron chi connectivity index (χ1n) is 5.81. The van der Waals surface area contributed by atoms with Gasteiger partial charge in [0.15, 0.2) is 0 Å². The summed E-state index contributed by atoms with van der Waals surface area (Å²) in [6, 6.07) is 0.603. The fourth-order valence-corrected chi connectivity index (χ4v) is 1.78. The van der Waals surface area contributed by atoms with E-state index in [9.17, 15) is 4.79 Å². The molecular weight excluding hydrogens is 192 g/mol. The molecule has 0 spiro atoms. The Balaban J connectivity index is 1.88. The highest BCUT2D eigenvalue weighted by atomic mass is 16.5. The van der Waals surface area contributed by atoms with Crippen LogP contribution in [0.15, 0.2) is 0 Å². The maximum Gasteiger partial charge on any atom is 0.219 e. The molecule has 0 aromatic carbocycles. The summed E-state index contributed by atoms with van der Waals surface area (Å²) in [5, 5.41) is 6.05. The fraction of sp³-hybridized carbons (Fsp3) is 0.909. The molecule has 2 N–H and O–H groups in total. The van der Waals surface area contributed by atoms with Crippen molar-refractivity contribution in [2.24, 2.45) is 0 Å². The van der Waals surface area contributed by atoms with E-state index in [-0.39, 0.29) is 5.91 Å². The summed E-state index contributed by atoms with van der Waals surface area (Å²) in [6.45, 7) is 3.77. The number of carbonyl (C=O) groups excluding carboxylic acids is 1. The molecule has 0 radical (unpaired) electrons. The van der Waals surface area contributed by atoms with Crippen molar-refractivity contribution in [2.75, 3.05) is 20.2 Å². The first-order chi connectivity index (χ1) is 7.26. The number of amides is 1. The third-order valence-electron chi connectivity index (χ3n) is 2.79. The summed E-state index contributed by atoms with van der Waals surface area (Å²) in [6.07, 6.45) is 4.23. The van der Waals surface area contributed by atoms with Crippen LogP contribution in [0.1, 0.15) is 32.6 Å². The molecule has 1 aliphatic carbocycles. The van der Waals surface area contributed by atoms with Crippen molar-refractivity contribution in [3.05, 3.63) is 0 Å². The van der Waals surface area contributed by atoms with E-state index < -0.39 is 0 Å². The van der Waals surface area contributed by atoms with Gasteiger partial charge in [0, 0.05) is 26.1 Å². The van der Waals surface area contributed by atoms with Crippen LogP contribution in [0.25, 0.3) is 0 Å². The van der Waals surface area contributed by atoms with Gasteiger partial charge < -0.3 is 15.4 Å². The summed E-state index contributed by atoms with van der Waals surface area (Å²) in [5.41, 5.74) is 0. The Morgan fingerprint density at radius 2 is 2.20 bits per heavy atom. The van der Waals surface area contributed by atoms with E-state index in [0.717, 1.165) is 32.4 Å². The number of ether oxygens (including phenoxy) is 1. The number of hydrogen-bond donors (Lipinski definition) is 2. The number of hydrogen-bond acceptors (Lipinski definition) is 3. The van der Waals surface area contributed by atoms with Gasteiger partial charge in [-0.25, -0.2) is 0 Å². The Bertz CT molecular complexity index is 191. The highest BCUT2D eigenvalue weighted by molar-refractivity contribution is 5.75. The van der Waals surface area contributed by atoms with Gasteiger partial charge in [-0.3, -0.25) is 4.79 Å². The highest BCUT2D eigenvalue weighted by Gasteiger charge is 2.28. The van der Waals surface area contributed by atoms with Crippen molar-refractivity contribution in [3.8, 4) is 0 Å². The quantitative estimate of drug-likeness (QED) is 0.612. The molecule has 4 heteroatoms. The topological polar surface area (TPSA) is 50.4 Å². The second kappa shape index (κ2) is 6.80. The Morgan fingerprint density at radius 3 is 2.80 bits per heavy atom. The molecular formula is C11H22N2O2. The van der Waals surface area contributed by atoms with E-state index in [4.69, 9.17) is 4.74 Å². The minimum Gasteiger partial charge on any atom is -0.378 e.